The third-order valence-corrected chi connectivity index (χ3v) is 3.46. The predicted octanol–water partition coefficient (Wildman–Crippen LogP) is 3.99. The molecule has 0 bridgehead atoms. The SMILES string of the molecule is CC(=O)O.CC(C)=CCNc1ncnc2[nH]cnc12.c1ccc2[nH]ccc2c1. The fourth-order valence-corrected chi connectivity index (χ4v) is 2.24. The van der Waals surface area contributed by atoms with Gasteiger partial charge in [-0.25, -0.2) is 15.0 Å². The van der Waals surface area contributed by atoms with Crippen molar-refractivity contribution < 1.29 is 9.90 Å². The molecule has 28 heavy (non-hydrogen) atoms. The van der Waals surface area contributed by atoms with Gasteiger partial charge in [-0.15, -0.1) is 0 Å². The molecule has 3 aromatic heterocycles. The van der Waals surface area contributed by atoms with Crippen molar-refractivity contribution in [2.75, 3.05) is 11.9 Å². The first kappa shape index (κ1) is 20.6. The van der Waals surface area contributed by atoms with E-state index >= 15 is 0 Å². The van der Waals surface area contributed by atoms with Crippen molar-refractivity contribution >= 4 is 33.9 Å². The van der Waals surface area contributed by atoms with E-state index in [9.17, 15) is 0 Å². The van der Waals surface area contributed by atoms with Gasteiger partial charge in [-0.1, -0.05) is 29.8 Å². The number of carbonyl (C=O) groups is 1. The highest BCUT2D eigenvalue weighted by Gasteiger charge is 2.03. The summed E-state index contributed by atoms with van der Waals surface area (Å²) in [5, 5.41) is 11.9. The lowest BCUT2D eigenvalue weighted by atomic mass is 10.3. The van der Waals surface area contributed by atoms with Crippen molar-refractivity contribution in [2.45, 2.75) is 20.8 Å². The Morgan fingerprint density at radius 3 is 2.57 bits per heavy atom. The number of aromatic nitrogens is 5. The molecule has 0 amide bonds. The number of carboxylic acids is 1. The van der Waals surface area contributed by atoms with Crippen LogP contribution in [0.25, 0.3) is 22.1 Å². The number of hydrogen-bond donors (Lipinski definition) is 4. The summed E-state index contributed by atoms with van der Waals surface area (Å²) in [5.41, 5.74) is 4.01. The number of H-pyrrole nitrogens is 2. The Bertz CT molecular complexity index is 1010. The van der Waals surface area contributed by atoms with E-state index in [-0.39, 0.29) is 0 Å². The van der Waals surface area contributed by atoms with Crippen LogP contribution in [0.15, 0.2) is 60.8 Å². The van der Waals surface area contributed by atoms with Gasteiger partial charge >= 0.3 is 0 Å². The standard InChI is InChI=1S/C10H13N5.C8H7N.C2H4O2/c1-7(2)3-4-11-9-8-10(13-5-12-8)15-6-14-9;1-2-4-8-7(3-1)5-6-9-8;1-2(3)4/h3,5-6H,4H2,1-2H3,(H2,11,12,13,14,15);1-6,9H;1H3,(H,3,4). The molecule has 0 atom stereocenters. The van der Waals surface area contributed by atoms with E-state index in [2.05, 4.69) is 68.4 Å². The second-order valence-electron chi connectivity index (χ2n) is 6.07. The first-order valence-corrected chi connectivity index (χ1v) is 8.70. The maximum atomic E-state index is 9.00. The summed E-state index contributed by atoms with van der Waals surface area (Å²) >= 11 is 0. The lowest BCUT2D eigenvalue weighted by Crippen LogP contribution is -2.02. The van der Waals surface area contributed by atoms with Gasteiger partial charge in [-0.05, 0) is 31.4 Å². The van der Waals surface area contributed by atoms with Crippen molar-refractivity contribution in [3.05, 3.63) is 60.8 Å². The van der Waals surface area contributed by atoms with Crippen LogP contribution < -0.4 is 5.32 Å². The van der Waals surface area contributed by atoms with Crippen LogP contribution >= 0.6 is 0 Å². The van der Waals surface area contributed by atoms with Gasteiger partial charge in [0.1, 0.15) is 11.8 Å². The highest BCUT2D eigenvalue weighted by molar-refractivity contribution is 5.82. The molecule has 4 rings (SSSR count). The van der Waals surface area contributed by atoms with Gasteiger partial charge in [0.25, 0.3) is 5.97 Å². The molecular formula is C20H24N6O2. The molecule has 0 fully saturated rings. The fourth-order valence-electron chi connectivity index (χ4n) is 2.24. The second-order valence-corrected chi connectivity index (χ2v) is 6.07. The van der Waals surface area contributed by atoms with Gasteiger partial charge in [-0.3, -0.25) is 4.79 Å². The number of imidazole rings is 1. The van der Waals surface area contributed by atoms with E-state index in [4.69, 9.17) is 9.90 Å². The molecule has 0 saturated carbocycles. The van der Waals surface area contributed by atoms with Crippen LogP contribution in [0.1, 0.15) is 20.8 Å². The Morgan fingerprint density at radius 1 is 1.11 bits per heavy atom. The summed E-state index contributed by atoms with van der Waals surface area (Å²) in [6.45, 7) is 5.96. The molecule has 1 aromatic carbocycles. The van der Waals surface area contributed by atoms with Crippen LogP contribution in [0.4, 0.5) is 5.82 Å². The lowest BCUT2D eigenvalue weighted by molar-refractivity contribution is -0.134. The lowest BCUT2D eigenvalue weighted by Gasteiger charge is -2.02. The Hall–Kier alpha value is -3.68. The number of carboxylic acid groups (broad SMARTS) is 1. The number of nitrogens with one attached hydrogen (secondary N) is 3. The highest BCUT2D eigenvalue weighted by Crippen LogP contribution is 2.13. The fraction of sp³-hybridized carbons (Fsp3) is 0.200. The Morgan fingerprint density at radius 2 is 1.86 bits per heavy atom. The molecule has 0 spiro atoms. The maximum Gasteiger partial charge on any atom is 0.300 e. The largest absolute Gasteiger partial charge is 0.481 e. The van der Waals surface area contributed by atoms with Crippen LogP contribution in [0, 0.1) is 0 Å². The highest BCUT2D eigenvalue weighted by atomic mass is 16.4. The molecule has 0 saturated heterocycles. The van der Waals surface area contributed by atoms with E-state index in [1.54, 1.807) is 6.33 Å². The first-order chi connectivity index (χ1) is 13.5. The predicted molar refractivity (Wildman–Crippen MR) is 111 cm³/mol. The average molecular weight is 380 g/mol. The Balaban J connectivity index is 0.000000182. The van der Waals surface area contributed by atoms with Crippen LogP contribution in [-0.2, 0) is 4.79 Å². The van der Waals surface area contributed by atoms with Crippen molar-refractivity contribution in [1.29, 1.82) is 0 Å². The summed E-state index contributed by atoms with van der Waals surface area (Å²) in [7, 11) is 0. The molecule has 4 aromatic rings. The van der Waals surface area contributed by atoms with E-state index in [0.717, 1.165) is 30.5 Å². The third-order valence-electron chi connectivity index (χ3n) is 3.46. The number of para-hydroxylation sites is 1. The number of fused-ring (bicyclic) bond motifs is 2. The van der Waals surface area contributed by atoms with Gasteiger partial charge in [0, 0.05) is 25.2 Å². The minimum atomic E-state index is -0.833. The molecular weight excluding hydrogens is 356 g/mol. The van der Waals surface area contributed by atoms with Crippen molar-refractivity contribution in [3.63, 3.8) is 0 Å². The quantitative estimate of drug-likeness (QED) is 0.399. The monoisotopic (exact) mass is 380 g/mol. The van der Waals surface area contributed by atoms with E-state index in [1.807, 2.05) is 18.3 Å². The van der Waals surface area contributed by atoms with E-state index < -0.39 is 5.97 Å². The molecule has 0 radical (unpaired) electrons. The van der Waals surface area contributed by atoms with Crippen molar-refractivity contribution in [3.8, 4) is 0 Å². The van der Waals surface area contributed by atoms with Crippen LogP contribution in [-0.4, -0.2) is 42.5 Å². The van der Waals surface area contributed by atoms with Crippen LogP contribution in [0.5, 0.6) is 0 Å². The van der Waals surface area contributed by atoms with Gasteiger partial charge in [0.2, 0.25) is 0 Å². The summed E-state index contributed by atoms with van der Waals surface area (Å²) < 4.78 is 0. The molecule has 0 aliphatic heterocycles. The third kappa shape index (κ3) is 6.56. The average Bonchev–Trinajstić information content (AvgIpc) is 3.31. The minimum absolute atomic E-state index is 0.751. The van der Waals surface area contributed by atoms with Gasteiger partial charge in [0.15, 0.2) is 11.5 Å². The normalized spacial score (nSPS) is 9.68. The van der Waals surface area contributed by atoms with Crippen LogP contribution in [0.3, 0.4) is 0 Å². The molecule has 8 nitrogen and oxygen atoms in total. The summed E-state index contributed by atoms with van der Waals surface area (Å²) in [5.74, 6) is -0.0706. The number of hydrogen-bond acceptors (Lipinski definition) is 5. The molecule has 0 aliphatic carbocycles. The van der Waals surface area contributed by atoms with Gasteiger partial charge in [0.05, 0.1) is 6.33 Å². The number of allylic oxidation sites excluding steroid dienone is 1. The summed E-state index contributed by atoms with van der Waals surface area (Å²) in [6, 6.07) is 10.3. The van der Waals surface area contributed by atoms with Crippen LogP contribution in [0.2, 0.25) is 0 Å². The molecule has 8 heteroatoms. The number of benzene rings is 1. The number of anilines is 1. The number of rotatable bonds is 3. The summed E-state index contributed by atoms with van der Waals surface area (Å²) in [6.07, 6.45) is 7.18. The zero-order valence-corrected chi connectivity index (χ0v) is 16.1. The second kappa shape index (κ2) is 10.5. The topological polar surface area (TPSA) is 120 Å². The van der Waals surface area contributed by atoms with Crippen molar-refractivity contribution in [1.82, 2.24) is 24.9 Å². The maximum absolute atomic E-state index is 9.00. The molecule has 0 aliphatic rings. The zero-order valence-electron chi connectivity index (χ0n) is 16.1. The zero-order chi connectivity index (χ0) is 20.4. The van der Waals surface area contributed by atoms with Crippen molar-refractivity contribution in [2.24, 2.45) is 0 Å². The van der Waals surface area contributed by atoms with Gasteiger partial charge in [-0.2, -0.15) is 0 Å². The summed E-state index contributed by atoms with van der Waals surface area (Å²) in [4.78, 5) is 27.4. The Labute approximate surface area is 162 Å². The Kier molecular flexibility index (Phi) is 7.71. The van der Waals surface area contributed by atoms with E-state index in [0.29, 0.717) is 0 Å². The molecule has 3 heterocycles. The minimum Gasteiger partial charge on any atom is -0.481 e. The molecule has 0 unspecified atom stereocenters. The number of aliphatic carboxylic acids is 1. The smallest absolute Gasteiger partial charge is 0.300 e. The first-order valence-electron chi connectivity index (χ1n) is 8.70. The van der Waals surface area contributed by atoms with Gasteiger partial charge < -0.3 is 20.4 Å². The molecule has 4 N–H and O–H groups in total. The number of aromatic amines is 2. The van der Waals surface area contributed by atoms with E-state index in [1.165, 1.54) is 22.8 Å². The number of nitrogens with zero attached hydrogens (tertiary/aromatic N) is 3. The molecule has 146 valence electrons.